The zero-order valence-corrected chi connectivity index (χ0v) is 20.9. The van der Waals surface area contributed by atoms with Gasteiger partial charge in [-0.25, -0.2) is 4.98 Å². The lowest BCUT2D eigenvalue weighted by atomic mass is 9.92. The summed E-state index contributed by atoms with van der Waals surface area (Å²) >= 11 is 0.533. The van der Waals surface area contributed by atoms with E-state index in [0.717, 1.165) is 30.5 Å². The summed E-state index contributed by atoms with van der Waals surface area (Å²) in [7, 11) is 0. The van der Waals surface area contributed by atoms with Crippen molar-refractivity contribution in [1.82, 2.24) is 4.98 Å². The second-order valence-corrected chi connectivity index (χ2v) is 9.49. The molecule has 0 spiro atoms. The fraction of sp³-hybridized carbons (Fsp3) is 0.231. The van der Waals surface area contributed by atoms with Crippen molar-refractivity contribution in [2.24, 2.45) is 0 Å². The molecule has 0 fully saturated rings. The van der Waals surface area contributed by atoms with Gasteiger partial charge in [0.2, 0.25) is 5.60 Å². The third-order valence-electron chi connectivity index (χ3n) is 5.89. The molecule has 4 rings (SSSR count). The van der Waals surface area contributed by atoms with Crippen LogP contribution in [0.4, 0.5) is 30.7 Å². The van der Waals surface area contributed by atoms with Crippen LogP contribution in [0.1, 0.15) is 32.5 Å². The van der Waals surface area contributed by atoms with Gasteiger partial charge in [-0.1, -0.05) is 36.4 Å². The van der Waals surface area contributed by atoms with Crippen molar-refractivity contribution in [3.8, 4) is 11.5 Å². The van der Waals surface area contributed by atoms with Crippen LogP contribution in [-0.4, -0.2) is 29.5 Å². The molecule has 2 atom stereocenters. The molecule has 0 bridgehead atoms. The predicted octanol–water partition coefficient (Wildman–Crippen LogP) is 6.15. The van der Waals surface area contributed by atoms with Crippen molar-refractivity contribution in [2.45, 2.75) is 37.3 Å². The van der Waals surface area contributed by atoms with E-state index in [1.54, 1.807) is 0 Å². The Bertz CT molecular complexity index is 1420. The van der Waals surface area contributed by atoms with Crippen molar-refractivity contribution in [3.05, 3.63) is 111 Å². The first-order valence-corrected chi connectivity index (χ1v) is 12.2. The topological polar surface area (TPSA) is 78.5 Å². The van der Waals surface area contributed by atoms with E-state index in [9.17, 15) is 41.0 Å². The fourth-order valence-corrected chi connectivity index (χ4v) is 5.21. The standard InChI is InChI=1S/C26H19F7N2O4S/c27-23(28)38-19-7-6-16(13-20(19)39-24(29)30)18(12-15-8-10-35(37)11-9-15)22-34-14-21(40-22)25(36,26(31,32)33)17-4-2-1-3-5-17/h1-11,13-14,18,23-24,36H,12H2. The summed E-state index contributed by atoms with van der Waals surface area (Å²) in [4.78, 5) is 3.57. The van der Waals surface area contributed by atoms with Gasteiger partial charge in [0.1, 0.15) is 5.01 Å². The minimum absolute atomic E-state index is 0.00669. The van der Waals surface area contributed by atoms with Crippen LogP contribution in [0.15, 0.2) is 79.3 Å². The summed E-state index contributed by atoms with van der Waals surface area (Å²) in [6.45, 7) is -6.74. The monoisotopic (exact) mass is 588 g/mol. The summed E-state index contributed by atoms with van der Waals surface area (Å²) in [5, 5.41) is 22.5. The first-order chi connectivity index (χ1) is 18.9. The van der Waals surface area contributed by atoms with Gasteiger partial charge >= 0.3 is 19.4 Å². The van der Waals surface area contributed by atoms with Crippen LogP contribution in [-0.2, 0) is 12.0 Å². The molecule has 6 nitrogen and oxygen atoms in total. The highest BCUT2D eigenvalue weighted by atomic mass is 32.1. The van der Waals surface area contributed by atoms with Gasteiger partial charge in [-0.2, -0.15) is 35.5 Å². The van der Waals surface area contributed by atoms with E-state index in [2.05, 4.69) is 14.5 Å². The largest absolute Gasteiger partial charge is 0.619 e. The Morgan fingerprint density at radius 3 is 2.12 bits per heavy atom. The molecule has 212 valence electrons. The minimum Gasteiger partial charge on any atom is -0.619 e. The number of benzene rings is 2. The molecular formula is C26H19F7N2O4S. The van der Waals surface area contributed by atoms with Crippen LogP contribution in [0.5, 0.6) is 11.5 Å². The zero-order valence-electron chi connectivity index (χ0n) is 20.1. The van der Waals surface area contributed by atoms with Gasteiger partial charge in [0, 0.05) is 24.2 Å². The van der Waals surface area contributed by atoms with Crippen LogP contribution in [0.2, 0.25) is 0 Å². The lowest BCUT2D eigenvalue weighted by Gasteiger charge is -2.29. The first-order valence-electron chi connectivity index (χ1n) is 11.4. The third-order valence-corrected chi connectivity index (χ3v) is 7.11. The number of nitrogens with zero attached hydrogens (tertiary/aromatic N) is 2. The molecule has 0 amide bonds. The molecule has 2 aromatic heterocycles. The Hall–Kier alpha value is -3.91. The predicted molar refractivity (Wildman–Crippen MR) is 128 cm³/mol. The maximum Gasteiger partial charge on any atom is 0.426 e. The Kier molecular flexibility index (Phi) is 8.49. The number of hydrogen-bond donors (Lipinski definition) is 1. The lowest BCUT2D eigenvalue weighted by molar-refractivity contribution is -0.605. The Morgan fingerprint density at radius 2 is 1.52 bits per heavy atom. The summed E-state index contributed by atoms with van der Waals surface area (Å²) in [5.41, 5.74) is -3.17. The number of halogens is 7. The second kappa shape index (κ2) is 11.7. The fourth-order valence-electron chi connectivity index (χ4n) is 4.03. The normalized spacial score (nSPS) is 14.2. The van der Waals surface area contributed by atoms with Crippen molar-refractivity contribution in [2.75, 3.05) is 0 Å². The van der Waals surface area contributed by atoms with Gasteiger partial charge in [0.05, 0.1) is 4.88 Å². The number of ether oxygens (including phenoxy) is 2. The molecule has 2 aromatic carbocycles. The molecule has 40 heavy (non-hydrogen) atoms. The van der Waals surface area contributed by atoms with E-state index in [0.29, 0.717) is 21.6 Å². The number of aliphatic hydroxyl groups is 1. The van der Waals surface area contributed by atoms with Crippen LogP contribution >= 0.6 is 11.3 Å². The molecule has 0 radical (unpaired) electrons. The lowest BCUT2D eigenvalue weighted by Crippen LogP contribution is -2.42. The molecule has 1 N–H and O–H groups in total. The van der Waals surface area contributed by atoms with E-state index in [-0.39, 0.29) is 17.0 Å². The highest BCUT2D eigenvalue weighted by molar-refractivity contribution is 7.11. The maximum atomic E-state index is 14.3. The van der Waals surface area contributed by atoms with E-state index >= 15 is 0 Å². The molecule has 0 aliphatic carbocycles. The second-order valence-electron chi connectivity index (χ2n) is 8.42. The zero-order chi connectivity index (χ0) is 29.1. The third kappa shape index (κ3) is 6.28. The van der Waals surface area contributed by atoms with Crippen LogP contribution in [0, 0.1) is 5.21 Å². The summed E-state index contributed by atoms with van der Waals surface area (Å²) < 4.78 is 104. The molecule has 14 heteroatoms. The number of rotatable bonds is 10. The first kappa shape index (κ1) is 29.1. The molecule has 2 heterocycles. The highest BCUT2D eigenvalue weighted by Gasteiger charge is 2.57. The average Bonchev–Trinajstić information content (AvgIpc) is 3.38. The number of alkyl halides is 7. The van der Waals surface area contributed by atoms with E-state index in [1.165, 1.54) is 48.8 Å². The summed E-state index contributed by atoms with van der Waals surface area (Å²) in [6.07, 6.45) is -1.90. The van der Waals surface area contributed by atoms with E-state index in [4.69, 9.17) is 0 Å². The quantitative estimate of drug-likeness (QED) is 0.137. The van der Waals surface area contributed by atoms with Crippen molar-refractivity contribution >= 4 is 11.3 Å². The Labute approximate surface area is 226 Å². The van der Waals surface area contributed by atoms with Gasteiger partial charge in [0.15, 0.2) is 23.9 Å². The number of hydrogen-bond acceptors (Lipinski definition) is 6. The molecule has 0 saturated carbocycles. The van der Waals surface area contributed by atoms with Gasteiger partial charge in [-0.3, -0.25) is 0 Å². The van der Waals surface area contributed by atoms with Crippen molar-refractivity contribution < 1.29 is 50.0 Å². The molecule has 0 saturated heterocycles. The number of thiazole rings is 1. The average molecular weight is 589 g/mol. The molecule has 2 unspecified atom stereocenters. The molecule has 4 aromatic rings. The molecule has 0 aliphatic rings. The molecule has 0 aliphatic heterocycles. The van der Waals surface area contributed by atoms with Crippen molar-refractivity contribution in [1.29, 1.82) is 0 Å². The molecular weight excluding hydrogens is 569 g/mol. The number of aromatic nitrogens is 2. The van der Waals surface area contributed by atoms with Crippen molar-refractivity contribution in [3.63, 3.8) is 0 Å². The van der Waals surface area contributed by atoms with Gasteiger partial charge in [-0.15, -0.1) is 11.3 Å². The SMILES string of the molecule is [O-][n+]1ccc(CC(c2ccc(OC(F)F)c(OC(F)F)c2)c2ncc(C(O)(c3ccccc3)C(F)(F)F)s2)cc1. The van der Waals surface area contributed by atoms with Gasteiger partial charge in [0.25, 0.3) is 0 Å². The number of pyridine rings is 1. The van der Waals surface area contributed by atoms with E-state index < -0.39 is 52.9 Å². The van der Waals surface area contributed by atoms with Crippen LogP contribution < -0.4 is 14.2 Å². The maximum absolute atomic E-state index is 14.3. The summed E-state index contributed by atoms with van der Waals surface area (Å²) in [5.74, 6) is -2.34. The Morgan fingerprint density at radius 1 is 0.900 bits per heavy atom. The Balaban J connectivity index is 1.83. The summed E-state index contributed by atoms with van der Waals surface area (Å²) in [6, 6.07) is 12.5. The van der Waals surface area contributed by atoms with Crippen LogP contribution in [0.25, 0.3) is 0 Å². The smallest absolute Gasteiger partial charge is 0.426 e. The van der Waals surface area contributed by atoms with E-state index in [1.807, 2.05) is 0 Å². The van der Waals surface area contributed by atoms with Gasteiger partial charge in [-0.05, 0) is 35.2 Å². The van der Waals surface area contributed by atoms with Gasteiger partial charge < -0.3 is 19.8 Å². The van der Waals surface area contributed by atoms with Crippen LogP contribution in [0.3, 0.4) is 0 Å². The minimum atomic E-state index is -5.14. The highest BCUT2D eigenvalue weighted by Crippen LogP contribution is 2.47.